The highest BCUT2D eigenvalue weighted by Crippen LogP contribution is 2.24. The van der Waals surface area contributed by atoms with Crippen LogP contribution < -0.4 is 16.0 Å². The van der Waals surface area contributed by atoms with E-state index in [2.05, 4.69) is 29.2 Å². The monoisotopic (exact) mass is 238 g/mol. The average Bonchev–Trinajstić information content (AvgIpc) is 2.27. The summed E-state index contributed by atoms with van der Waals surface area (Å²) in [5, 5.41) is 0. The Labute approximate surface area is 103 Å². The molecular weight excluding hydrogens is 216 g/mol. The molecular formula is C12H22N4O. The van der Waals surface area contributed by atoms with E-state index >= 15 is 0 Å². The first-order valence-corrected chi connectivity index (χ1v) is 5.93. The molecule has 0 aliphatic rings. The minimum Gasteiger partial charge on any atom is -0.477 e. The normalized spacial score (nSPS) is 11.1. The summed E-state index contributed by atoms with van der Waals surface area (Å²) in [6, 6.07) is 0. The molecule has 1 aromatic heterocycles. The molecule has 0 saturated carbocycles. The predicted molar refractivity (Wildman–Crippen MR) is 69.0 cm³/mol. The van der Waals surface area contributed by atoms with Gasteiger partial charge in [0.05, 0.1) is 12.2 Å². The van der Waals surface area contributed by atoms with Gasteiger partial charge in [-0.05, 0) is 12.8 Å². The maximum atomic E-state index is 5.68. The van der Waals surface area contributed by atoms with E-state index < -0.39 is 0 Å². The lowest BCUT2D eigenvalue weighted by atomic mass is 10.2. The fourth-order valence-corrected chi connectivity index (χ4v) is 1.30. The number of nitrogens with two attached hydrogens (primary N) is 1. The molecule has 0 fully saturated rings. The van der Waals surface area contributed by atoms with E-state index in [9.17, 15) is 0 Å². The number of anilines is 1. The van der Waals surface area contributed by atoms with E-state index in [0.29, 0.717) is 24.2 Å². The molecule has 0 unspecified atom stereocenters. The molecule has 0 aromatic carbocycles. The lowest BCUT2D eigenvalue weighted by molar-refractivity contribution is 0.258. The van der Waals surface area contributed by atoms with E-state index in [1.54, 1.807) is 0 Å². The van der Waals surface area contributed by atoms with Gasteiger partial charge in [-0.25, -0.2) is 10.8 Å². The number of nitrogen functional groups attached to an aromatic ring is 1. The Morgan fingerprint density at radius 1 is 1.24 bits per heavy atom. The van der Waals surface area contributed by atoms with Crippen LogP contribution in [0.2, 0.25) is 0 Å². The zero-order valence-corrected chi connectivity index (χ0v) is 11.2. The van der Waals surface area contributed by atoms with Crippen LogP contribution in [-0.2, 0) is 0 Å². The number of rotatable bonds is 5. The van der Waals surface area contributed by atoms with Gasteiger partial charge >= 0.3 is 0 Å². The van der Waals surface area contributed by atoms with Crippen molar-refractivity contribution in [1.82, 2.24) is 9.97 Å². The van der Waals surface area contributed by atoms with Crippen LogP contribution in [0.3, 0.4) is 0 Å². The van der Waals surface area contributed by atoms with Gasteiger partial charge in [0.2, 0.25) is 5.88 Å². The third-order valence-electron chi connectivity index (χ3n) is 2.32. The molecule has 96 valence electrons. The summed E-state index contributed by atoms with van der Waals surface area (Å²) in [6.45, 7) is 10.8. The quantitative estimate of drug-likeness (QED) is 0.608. The van der Waals surface area contributed by atoms with Crippen LogP contribution in [0.4, 0.5) is 5.82 Å². The summed E-state index contributed by atoms with van der Waals surface area (Å²) in [5.41, 5.74) is 3.43. The van der Waals surface area contributed by atoms with Crippen molar-refractivity contribution in [2.75, 3.05) is 12.0 Å². The second kappa shape index (κ2) is 5.82. The molecule has 0 spiro atoms. The molecule has 0 saturated heterocycles. The first-order valence-electron chi connectivity index (χ1n) is 5.93. The van der Waals surface area contributed by atoms with Crippen molar-refractivity contribution in [3.8, 4) is 5.88 Å². The number of nitrogens with one attached hydrogen (secondary N) is 1. The van der Waals surface area contributed by atoms with Crippen LogP contribution in [0, 0.1) is 12.8 Å². The van der Waals surface area contributed by atoms with Crippen LogP contribution in [0.1, 0.15) is 45.0 Å². The highest BCUT2D eigenvalue weighted by atomic mass is 16.5. The van der Waals surface area contributed by atoms with Crippen LogP contribution in [0.15, 0.2) is 0 Å². The second-order valence-electron chi connectivity index (χ2n) is 4.86. The number of hydrogen-bond acceptors (Lipinski definition) is 5. The van der Waals surface area contributed by atoms with Crippen molar-refractivity contribution in [3.05, 3.63) is 11.4 Å². The smallest absolute Gasteiger partial charge is 0.221 e. The van der Waals surface area contributed by atoms with Crippen molar-refractivity contribution in [2.45, 2.75) is 40.5 Å². The molecule has 1 aromatic rings. The predicted octanol–water partition coefficient (Wildman–Crippen LogP) is 2.23. The van der Waals surface area contributed by atoms with E-state index in [-0.39, 0.29) is 5.92 Å². The minimum absolute atomic E-state index is 0.240. The summed E-state index contributed by atoms with van der Waals surface area (Å²) in [6.07, 6.45) is 0. The summed E-state index contributed by atoms with van der Waals surface area (Å²) >= 11 is 0. The molecule has 0 aliphatic carbocycles. The molecule has 0 bridgehead atoms. The first-order chi connectivity index (χ1) is 7.95. The first kappa shape index (κ1) is 13.7. The van der Waals surface area contributed by atoms with Crippen LogP contribution in [0.25, 0.3) is 0 Å². The molecule has 0 radical (unpaired) electrons. The Hall–Kier alpha value is -1.36. The molecule has 1 rings (SSSR count). The highest BCUT2D eigenvalue weighted by molar-refractivity contribution is 5.47. The number of hydrazine groups is 1. The summed E-state index contributed by atoms with van der Waals surface area (Å²) < 4.78 is 5.68. The van der Waals surface area contributed by atoms with Crippen molar-refractivity contribution in [1.29, 1.82) is 0 Å². The van der Waals surface area contributed by atoms with Crippen molar-refractivity contribution < 1.29 is 4.74 Å². The van der Waals surface area contributed by atoms with Crippen molar-refractivity contribution >= 4 is 5.82 Å². The van der Waals surface area contributed by atoms with Gasteiger partial charge in [0.1, 0.15) is 11.6 Å². The van der Waals surface area contributed by atoms with Crippen molar-refractivity contribution in [2.24, 2.45) is 11.8 Å². The lowest BCUT2D eigenvalue weighted by Gasteiger charge is -2.15. The Kier molecular flexibility index (Phi) is 4.69. The van der Waals surface area contributed by atoms with Gasteiger partial charge in [-0.15, -0.1) is 0 Å². The molecule has 3 N–H and O–H groups in total. The minimum atomic E-state index is 0.240. The van der Waals surface area contributed by atoms with Gasteiger partial charge < -0.3 is 10.2 Å². The third-order valence-corrected chi connectivity index (χ3v) is 2.32. The molecule has 0 atom stereocenters. The van der Waals surface area contributed by atoms with Gasteiger partial charge in [0.15, 0.2) is 0 Å². The zero-order valence-electron chi connectivity index (χ0n) is 11.2. The zero-order chi connectivity index (χ0) is 13.0. The van der Waals surface area contributed by atoms with Gasteiger partial charge in [-0.3, -0.25) is 0 Å². The maximum absolute atomic E-state index is 5.68. The summed E-state index contributed by atoms with van der Waals surface area (Å²) in [4.78, 5) is 8.77. The molecule has 1 heterocycles. The molecule has 0 aliphatic heterocycles. The lowest BCUT2D eigenvalue weighted by Crippen LogP contribution is -2.15. The van der Waals surface area contributed by atoms with Crippen LogP contribution >= 0.6 is 0 Å². The van der Waals surface area contributed by atoms with E-state index in [1.807, 2.05) is 20.8 Å². The van der Waals surface area contributed by atoms with Crippen LogP contribution in [0.5, 0.6) is 5.88 Å². The Morgan fingerprint density at radius 3 is 2.35 bits per heavy atom. The van der Waals surface area contributed by atoms with Crippen molar-refractivity contribution in [3.63, 3.8) is 0 Å². The number of hydrogen-bond donors (Lipinski definition) is 2. The molecule has 0 amide bonds. The van der Waals surface area contributed by atoms with Gasteiger partial charge in [0, 0.05) is 5.92 Å². The molecule has 5 nitrogen and oxygen atoms in total. The van der Waals surface area contributed by atoms with Crippen LogP contribution in [-0.4, -0.2) is 16.6 Å². The van der Waals surface area contributed by atoms with E-state index in [1.165, 1.54) is 0 Å². The fraction of sp³-hybridized carbons (Fsp3) is 0.667. The third kappa shape index (κ3) is 3.56. The Morgan fingerprint density at radius 2 is 1.88 bits per heavy atom. The largest absolute Gasteiger partial charge is 0.477 e. The maximum Gasteiger partial charge on any atom is 0.221 e. The highest BCUT2D eigenvalue weighted by Gasteiger charge is 2.13. The number of aromatic nitrogens is 2. The van der Waals surface area contributed by atoms with E-state index in [4.69, 9.17) is 10.6 Å². The van der Waals surface area contributed by atoms with Gasteiger partial charge in [-0.2, -0.15) is 4.98 Å². The Balaban J connectivity index is 3.04. The molecule has 5 heteroatoms. The summed E-state index contributed by atoms with van der Waals surface area (Å²) in [7, 11) is 0. The molecule has 17 heavy (non-hydrogen) atoms. The Bertz CT molecular complexity index is 377. The number of nitrogens with zero attached hydrogens (tertiary/aromatic N) is 2. The second-order valence-corrected chi connectivity index (χ2v) is 4.86. The topological polar surface area (TPSA) is 73.1 Å². The van der Waals surface area contributed by atoms with E-state index in [0.717, 1.165) is 11.4 Å². The number of ether oxygens (including phenoxy) is 1. The standard InChI is InChI=1S/C12H22N4O/c1-7(2)6-17-12-9(5)11(16-13)14-10(15-12)8(3)4/h7-8H,6,13H2,1-5H3,(H,14,15,16). The van der Waals surface area contributed by atoms with Gasteiger partial charge in [-0.1, -0.05) is 27.7 Å². The SMILES string of the molecule is Cc1c(NN)nc(C(C)C)nc1OCC(C)C. The van der Waals surface area contributed by atoms with Gasteiger partial charge in [0.25, 0.3) is 0 Å². The average molecular weight is 238 g/mol. The fourth-order valence-electron chi connectivity index (χ4n) is 1.30. The summed E-state index contributed by atoms with van der Waals surface area (Å²) in [5.74, 6) is 8.13.